The predicted octanol–water partition coefficient (Wildman–Crippen LogP) is 0.921. The molecule has 2 bridgehead atoms. The lowest BCUT2D eigenvalue weighted by Gasteiger charge is -2.38. The molecular formula is C10H18N2O2. The summed E-state index contributed by atoms with van der Waals surface area (Å²) < 4.78 is 5.07. The van der Waals surface area contributed by atoms with Crippen molar-refractivity contribution < 1.29 is 9.53 Å². The quantitative estimate of drug-likeness (QED) is 0.628. The van der Waals surface area contributed by atoms with Gasteiger partial charge in [0.25, 0.3) is 0 Å². The van der Waals surface area contributed by atoms with Gasteiger partial charge in [0.2, 0.25) is 0 Å². The van der Waals surface area contributed by atoms with E-state index in [1.54, 1.807) is 0 Å². The van der Waals surface area contributed by atoms with Crippen LogP contribution in [0.3, 0.4) is 0 Å². The second-order valence-corrected chi connectivity index (χ2v) is 4.21. The highest BCUT2D eigenvalue weighted by Crippen LogP contribution is 2.29. The molecule has 1 amide bonds. The highest BCUT2D eigenvalue weighted by atomic mass is 16.6. The highest BCUT2D eigenvalue weighted by molar-refractivity contribution is 5.69. The van der Waals surface area contributed by atoms with Gasteiger partial charge in [-0.3, -0.25) is 4.90 Å². The molecule has 4 nitrogen and oxygen atoms in total. The number of amides is 1. The molecule has 2 aliphatic heterocycles. The van der Waals surface area contributed by atoms with Gasteiger partial charge in [-0.25, -0.2) is 4.79 Å². The van der Waals surface area contributed by atoms with E-state index in [1.807, 2.05) is 11.8 Å². The molecule has 0 spiro atoms. The number of likely N-dealkylation sites (N-methyl/N-ethyl adjacent to an activating group) is 1. The Morgan fingerprint density at radius 2 is 1.93 bits per heavy atom. The van der Waals surface area contributed by atoms with Gasteiger partial charge in [0.1, 0.15) is 0 Å². The van der Waals surface area contributed by atoms with E-state index < -0.39 is 0 Å². The van der Waals surface area contributed by atoms with E-state index >= 15 is 0 Å². The molecule has 0 aromatic rings. The predicted molar refractivity (Wildman–Crippen MR) is 53.2 cm³/mol. The van der Waals surface area contributed by atoms with Gasteiger partial charge in [0.05, 0.1) is 6.61 Å². The first-order chi connectivity index (χ1) is 6.72. The van der Waals surface area contributed by atoms with Crippen molar-refractivity contribution in [3.63, 3.8) is 0 Å². The van der Waals surface area contributed by atoms with Crippen molar-refractivity contribution in [1.29, 1.82) is 0 Å². The van der Waals surface area contributed by atoms with Crippen molar-refractivity contribution in [2.24, 2.45) is 0 Å². The maximum absolute atomic E-state index is 11.7. The number of ether oxygens (including phenoxy) is 1. The Labute approximate surface area is 84.8 Å². The average Bonchev–Trinajstić information content (AvgIpc) is 2.39. The second-order valence-electron chi connectivity index (χ2n) is 4.21. The Kier molecular flexibility index (Phi) is 2.63. The van der Waals surface area contributed by atoms with Crippen LogP contribution in [0.25, 0.3) is 0 Å². The summed E-state index contributed by atoms with van der Waals surface area (Å²) in [5.74, 6) is 0. The number of fused-ring (bicyclic) bond motifs is 2. The lowest BCUT2D eigenvalue weighted by atomic mass is 10.2. The standard InChI is InChI=1S/C10H18N2O2/c1-3-14-10(13)12-8-4-5-9(12)7-11(2)6-8/h8-9H,3-7H2,1-2H3. The molecule has 2 atom stereocenters. The molecule has 0 aliphatic carbocycles. The van der Waals surface area contributed by atoms with Crippen LogP contribution < -0.4 is 0 Å². The summed E-state index contributed by atoms with van der Waals surface area (Å²) in [5, 5.41) is 0. The number of hydrogen-bond acceptors (Lipinski definition) is 3. The van der Waals surface area contributed by atoms with Crippen LogP contribution in [0, 0.1) is 0 Å². The van der Waals surface area contributed by atoms with Crippen molar-refractivity contribution in [2.45, 2.75) is 31.8 Å². The summed E-state index contributed by atoms with van der Waals surface area (Å²) in [6.45, 7) is 4.32. The summed E-state index contributed by atoms with van der Waals surface area (Å²) in [6, 6.07) is 0.774. The smallest absolute Gasteiger partial charge is 0.410 e. The Bertz CT molecular complexity index is 218. The Morgan fingerprint density at radius 1 is 1.36 bits per heavy atom. The zero-order chi connectivity index (χ0) is 10.1. The van der Waals surface area contributed by atoms with E-state index in [4.69, 9.17) is 4.74 Å². The first-order valence-electron chi connectivity index (χ1n) is 5.36. The fourth-order valence-electron chi connectivity index (χ4n) is 2.61. The third kappa shape index (κ3) is 1.59. The van der Waals surface area contributed by atoms with E-state index in [0.717, 1.165) is 25.9 Å². The summed E-state index contributed by atoms with van der Waals surface area (Å²) in [7, 11) is 2.12. The largest absolute Gasteiger partial charge is 0.450 e. The second kappa shape index (κ2) is 3.77. The molecule has 14 heavy (non-hydrogen) atoms. The van der Waals surface area contributed by atoms with Crippen LogP contribution in [0.5, 0.6) is 0 Å². The van der Waals surface area contributed by atoms with Gasteiger partial charge < -0.3 is 9.64 Å². The van der Waals surface area contributed by atoms with E-state index in [1.165, 1.54) is 0 Å². The molecular weight excluding hydrogens is 180 g/mol. The van der Waals surface area contributed by atoms with Crippen molar-refractivity contribution in [2.75, 3.05) is 26.7 Å². The topological polar surface area (TPSA) is 32.8 Å². The average molecular weight is 198 g/mol. The van der Waals surface area contributed by atoms with Crippen LogP contribution in [0.2, 0.25) is 0 Å². The number of hydrogen-bond donors (Lipinski definition) is 0. The van der Waals surface area contributed by atoms with Crippen molar-refractivity contribution in [3.8, 4) is 0 Å². The minimum atomic E-state index is -0.117. The fourth-order valence-corrected chi connectivity index (χ4v) is 2.61. The van der Waals surface area contributed by atoms with Gasteiger partial charge in [-0.05, 0) is 26.8 Å². The number of likely N-dealkylation sites (tertiary alicyclic amines) is 1. The van der Waals surface area contributed by atoms with Crippen molar-refractivity contribution in [1.82, 2.24) is 9.80 Å². The third-order valence-corrected chi connectivity index (χ3v) is 3.14. The number of nitrogens with zero attached hydrogens (tertiary/aromatic N) is 2. The van der Waals surface area contributed by atoms with Crippen LogP contribution in [-0.4, -0.2) is 54.7 Å². The van der Waals surface area contributed by atoms with Gasteiger partial charge >= 0.3 is 6.09 Å². The third-order valence-electron chi connectivity index (χ3n) is 3.14. The minimum Gasteiger partial charge on any atom is -0.450 e. The SMILES string of the molecule is CCOC(=O)N1C2CCC1CN(C)C2. The first kappa shape index (κ1) is 9.77. The van der Waals surface area contributed by atoms with Gasteiger partial charge in [0.15, 0.2) is 0 Å². The number of piperazine rings is 1. The molecule has 2 heterocycles. The molecule has 2 rings (SSSR count). The Balaban J connectivity index is 2.03. The Hall–Kier alpha value is -0.770. The molecule has 2 unspecified atom stereocenters. The molecule has 0 radical (unpaired) electrons. The van der Waals surface area contributed by atoms with Gasteiger partial charge in [-0.15, -0.1) is 0 Å². The summed E-state index contributed by atoms with van der Waals surface area (Å²) in [6.07, 6.45) is 2.15. The monoisotopic (exact) mass is 198 g/mol. The molecule has 4 heteroatoms. The summed E-state index contributed by atoms with van der Waals surface area (Å²) in [5.41, 5.74) is 0. The van der Waals surface area contributed by atoms with E-state index in [2.05, 4.69) is 11.9 Å². The van der Waals surface area contributed by atoms with Gasteiger partial charge in [0, 0.05) is 25.2 Å². The number of rotatable bonds is 1. The zero-order valence-corrected chi connectivity index (χ0v) is 8.90. The number of carbonyl (C=O) groups is 1. The zero-order valence-electron chi connectivity index (χ0n) is 8.90. The number of carbonyl (C=O) groups excluding carboxylic acids is 1. The normalized spacial score (nSPS) is 32.0. The maximum Gasteiger partial charge on any atom is 0.410 e. The highest BCUT2D eigenvalue weighted by Gasteiger charge is 2.42. The van der Waals surface area contributed by atoms with E-state index in [9.17, 15) is 4.79 Å². The van der Waals surface area contributed by atoms with Crippen LogP contribution in [-0.2, 0) is 4.74 Å². The molecule has 0 N–H and O–H groups in total. The summed E-state index contributed by atoms with van der Waals surface area (Å²) >= 11 is 0. The lowest BCUT2D eigenvalue weighted by molar-refractivity contribution is 0.0518. The maximum atomic E-state index is 11.7. The first-order valence-corrected chi connectivity index (χ1v) is 5.36. The molecule has 0 saturated carbocycles. The molecule has 2 fully saturated rings. The molecule has 80 valence electrons. The van der Waals surface area contributed by atoms with Crippen LogP contribution >= 0.6 is 0 Å². The van der Waals surface area contributed by atoms with Crippen LogP contribution in [0.4, 0.5) is 4.79 Å². The minimum absolute atomic E-state index is 0.117. The molecule has 0 aromatic carbocycles. The molecule has 2 saturated heterocycles. The van der Waals surface area contributed by atoms with Gasteiger partial charge in [-0.1, -0.05) is 0 Å². The Morgan fingerprint density at radius 3 is 2.43 bits per heavy atom. The van der Waals surface area contributed by atoms with E-state index in [0.29, 0.717) is 18.7 Å². The molecule has 2 aliphatic rings. The van der Waals surface area contributed by atoms with E-state index in [-0.39, 0.29) is 6.09 Å². The summed E-state index contributed by atoms with van der Waals surface area (Å²) in [4.78, 5) is 15.9. The van der Waals surface area contributed by atoms with Crippen molar-refractivity contribution in [3.05, 3.63) is 0 Å². The lowest BCUT2D eigenvalue weighted by Crippen LogP contribution is -2.54. The molecule has 0 aromatic heterocycles. The fraction of sp³-hybridized carbons (Fsp3) is 0.900. The van der Waals surface area contributed by atoms with Crippen LogP contribution in [0.1, 0.15) is 19.8 Å². The van der Waals surface area contributed by atoms with Crippen LogP contribution in [0.15, 0.2) is 0 Å². The van der Waals surface area contributed by atoms with Gasteiger partial charge in [-0.2, -0.15) is 0 Å². The van der Waals surface area contributed by atoms with Crippen molar-refractivity contribution >= 4 is 6.09 Å².